The van der Waals surface area contributed by atoms with Crippen LogP contribution in [0.15, 0.2) is 6.20 Å². The standard InChI is InChI=1S/C13H22N2O2/c1-5-15-12(11(17-4)8-14-15)13(16)6-10(7-13)9(2)3/h8-10,16H,5-7H2,1-4H3. The molecule has 0 atom stereocenters. The third-order valence-corrected chi connectivity index (χ3v) is 3.91. The lowest BCUT2D eigenvalue weighted by Crippen LogP contribution is -2.44. The number of nitrogens with zero attached hydrogens (tertiary/aromatic N) is 2. The van der Waals surface area contributed by atoms with E-state index in [9.17, 15) is 5.11 Å². The Kier molecular flexibility index (Phi) is 3.17. The molecule has 1 aliphatic rings. The molecule has 1 aliphatic carbocycles. The van der Waals surface area contributed by atoms with Gasteiger partial charge in [-0.25, -0.2) is 0 Å². The Morgan fingerprint density at radius 3 is 2.71 bits per heavy atom. The highest BCUT2D eigenvalue weighted by Gasteiger charge is 2.48. The molecule has 1 saturated carbocycles. The zero-order chi connectivity index (χ0) is 12.6. The van der Waals surface area contributed by atoms with Crippen molar-refractivity contribution in [1.29, 1.82) is 0 Å². The van der Waals surface area contributed by atoms with Crippen LogP contribution in [0.25, 0.3) is 0 Å². The van der Waals surface area contributed by atoms with Gasteiger partial charge in [-0.15, -0.1) is 0 Å². The number of hydrogen-bond donors (Lipinski definition) is 1. The summed E-state index contributed by atoms with van der Waals surface area (Å²) in [7, 11) is 1.63. The second kappa shape index (κ2) is 4.33. The summed E-state index contributed by atoms with van der Waals surface area (Å²) in [5, 5.41) is 14.9. The zero-order valence-electron chi connectivity index (χ0n) is 11.1. The first-order valence-corrected chi connectivity index (χ1v) is 6.34. The van der Waals surface area contributed by atoms with Crippen LogP contribution in [0.1, 0.15) is 39.3 Å². The molecule has 0 saturated heterocycles. The van der Waals surface area contributed by atoms with Crippen molar-refractivity contribution in [2.45, 2.75) is 45.8 Å². The fourth-order valence-electron chi connectivity index (χ4n) is 2.70. The molecule has 17 heavy (non-hydrogen) atoms. The monoisotopic (exact) mass is 238 g/mol. The highest BCUT2D eigenvalue weighted by Crippen LogP contribution is 2.50. The second-order valence-electron chi connectivity index (χ2n) is 5.32. The van der Waals surface area contributed by atoms with E-state index in [4.69, 9.17) is 4.74 Å². The summed E-state index contributed by atoms with van der Waals surface area (Å²) in [5.41, 5.74) is 0.103. The Hall–Kier alpha value is -1.03. The van der Waals surface area contributed by atoms with Crippen LogP contribution in [0.3, 0.4) is 0 Å². The van der Waals surface area contributed by atoms with E-state index in [2.05, 4.69) is 18.9 Å². The Labute approximate surface area is 103 Å². The Morgan fingerprint density at radius 2 is 2.24 bits per heavy atom. The van der Waals surface area contributed by atoms with Gasteiger partial charge in [-0.3, -0.25) is 4.68 Å². The van der Waals surface area contributed by atoms with E-state index in [0.29, 0.717) is 17.6 Å². The summed E-state index contributed by atoms with van der Waals surface area (Å²) in [4.78, 5) is 0. The molecule has 1 aromatic heterocycles. The van der Waals surface area contributed by atoms with Crippen molar-refractivity contribution < 1.29 is 9.84 Å². The predicted octanol–water partition coefficient (Wildman–Crippen LogP) is 2.17. The number of ether oxygens (including phenoxy) is 1. The molecule has 0 radical (unpaired) electrons. The Bertz CT molecular complexity index is 371. The topological polar surface area (TPSA) is 47.3 Å². The van der Waals surface area contributed by atoms with Gasteiger partial charge in [0.15, 0.2) is 5.75 Å². The fourth-order valence-corrected chi connectivity index (χ4v) is 2.70. The third kappa shape index (κ3) is 1.95. The molecule has 0 bridgehead atoms. The summed E-state index contributed by atoms with van der Waals surface area (Å²) >= 11 is 0. The fraction of sp³-hybridized carbons (Fsp3) is 0.769. The largest absolute Gasteiger partial charge is 0.493 e. The molecule has 0 aliphatic heterocycles. The first kappa shape index (κ1) is 12.4. The SMILES string of the molecule is CCn1ncc(OC)c1C1(O)CC(C(C)C)C1. The van der Waals surface area contributed by atoms with Crippen molar-refractivity contribution in [3.63, 3.8) is 0 Å². The van der Waals surface area contributed by atoms with E-state index in [0.717, 1.165) is 25.1 Å². The van der Waals surface area contributed by atoms with Gasteiger partial charge in [0.1, 0.15) is 11.3 Å². The highest BCUT2D eigenvalue weighted by atomic mass is 16.5. The molecule has 0 unspecified atom stereocenters. The lowest BCUT2D eigenvalue weighted by Gasteiger charge is -2.45. The lowest BCUT2D eigenvalue weighted by molar-refractivity contribution is -0.100. The van der Waals surface area contributed by atoms with E-state index in [-0.39, 0.29) is 0 Å². The maximum absolute atomic E-state index is 10.7. The third-order valence-electron chi connectivity index (χ3n) is 3.91. The van der Waals surface area contributed by atoms with Crippen LogP contribution in [-0.2, 0) is 12.1 Å². The molecule has 0 spiro atoms. The van der Waals surface area contributed by atoms with E-state index < -0.39 is 5.60 Å². The van der Waals surface area contributed by atoms with Crippen LogP contribution in [0, 0.1) is 11.8 Å². The highest BCUT2D eigenvalue weighted by molar-refractivity contribution is 5.33. The average molecular weight is 238 g/mol. The summed E-state index contributed by atoms with van der Waals surface area (Å²) in [6, 6.07) is 0. The minimum Gasteiger partial charge on any atom is -0.493 e. The van der Waals surface area contributed by atoms with Crippen LogP contribution in [-0.4, -0.2) is 22.0 Å². The van der Waals surface area contributed by atoms with Gasteiger partial charge in [0, 0.05) is 6.54 Å². The summed E-state index contributed by atoms with van der Waals surface area (Å²) in [5.74, 6) is 1.93. The summed E-state index contributed by atoms with van der Waals surface area (Å²) in [6.07, 6.45) is 3.32. The number of aromatic nitrogens is 2. The summed E-state index contributed by atoms with van der Waals surface area (Å²) in [6.45, 7) is 7.20. The van der Waals surface area contributed by atoms with Crippen molar-refractivity contribution in [1.82, 2.24) is 9.78 Å². The van der Waals surface area contributed by atoms with Gasteiger partial charge < -0.3 is 9.84 Å². The molecule has 4 heteroatoms. The van der Waals surface area contributed by atoms with Crippen LogP contribution >= 0.6 is 0 Å². The van der Waals surface area contributed by atoms with Crippen LogP contribution in [0.4, 0.5) is 0 Å². The molecular formula is C13H22N2O2. The smallest absolute Gasteiger partial charge is 0.162 e. The van der Waals surface area contributed by atoms with Crippen molar-refractivity contribution >= 4 is 0 Å². The van der Waals surface area contributed by atoms with Crippen molar-refractivity contribution in [3.05, 3.63) is 11.9 Å². The van der Waals surface area contributed by atoms with Crippen molar-refractivity contribution in [2.75, 3.05) is 7.11 Å². The maximum Gasteiger partial charge on any atom is 0.162 e. The second-order valence-corrected chi connectivity index (χ2v) is 5.32. The molecule has 1 aromatic rings. The van der Waals surface area contributed by atoms with E-state index in [1.54, 1.807) is 13.3 Å². The molecular weight excluding hydrogens is 216 g/mol. The zero-order valence-corrected chi connectivity index (χ0v) is 11.1. The van der Waals surface area contributed by atoms with Gasteiger partial charge in [-0.2, -0.15) is 5.10 Å². The number of methoxy groups -OCH3 is 1. The maximum atomic E-state index is 10.7. The van der Waals surface area contributed by atoms with Gasteiger partial charge in [0.05, 0.1) is 13.3 Å². The van der Waals surface area contributed by atoms with Gasteiger partial charge in [-0.1, -0.05) is 13.8 Å². The number of aliphatic hydroxyl groups is 1. The van der Waals surface area contributed by atoms with Crippen LogP contribution in [0.2, 0.25) is 0 Å². The molecule has 1 heterocycles. The average Bonchev–Trinajstić information content (AvgIpc) is 2.67. The lowest BCUT2D eigenvalue weighted by atomic mass is 9.64. The first-order chi connectivity index (χ1) is 8.01. The molecule has 0 aromatic carbocycles. The molecule has 4 nitrogen and oxygen atoms in total. The minimum atomic E-state index is -0.743. The number of hydrogen-bond acceptors (Lipinski definition) is 3. The quantitative estimate of drug-likeness (QED) is 0.874. The van der Waals surface area contributed by atoms with Crippen LogP contribution in [0.5, 0.6) is 5.75 Å². The molecule has 0 amide bonds. The van der Waals surface area contributed by atoms with Gasteiger partial charge >= 0.3 is 0 Å². The Morgan fingerprint density at radius 1 is 1.59 bits per heavy atom. The molecule has 1 fully saturated rings. The van der Waals surface area contributed by atoms with E-state index >= 15 is 0 Å². The first-order valence-electron chi connectivity index (χ1n) is 6.34. The van der Waals surface area contributed by atoms with Crippen LogP contribution < -0.4 is 4.74 Å². The van der Waals surface area contributed by atoms with Crippen molar-refractivity contribution in [3.8, 4) is 5.75 Å². The normalized spacial score (nSPS) is 28.2. The molecule has 96 valence electrons. The van der Waals surface area contributed by atoms with Gasteiger partial charge in [0.25, 0.3) is 0 Å². The Balaban J connectivity index is 2.25. The number of rotatable bonds is 4. The number of aryl methyl sites for hydroxylation is 1. The van der Waals surface area contributed by atoms with E-state index in [1.165, 1.54) is 0 Å². The van der Waals surface area contributed by atoms with Gasteiger partial charge in [-0.05, 0) is 31.6 Å². The van der Waals surface area contributed by atoms with Crippen molar-refractivity contribution in [2.24, 2.45) is 11.8 Å². The minimum absolute atomic E-state index is 0.602. The van der Waals surface area contributed by atoms with E-state index in [1.807, 2.05) is 11.6 Å². The molecule has 2 rings (SSSR count). The molecule has 1 N–H and O–H groups in total. The van der Waals surface area contributed by atoms with Gasteiger partial charge in [0.2, 0.25) is 0 Å². The summed E-state index contributed by atoms with van der Waals surface area (Å²) < 4.78 is 7.14. The predicted molar refractivity (Wildman–Crippen MR) is 65.9 cm³/mol.